The van der Waals surface area contributed by atoms with Crippen molar-refractivity contribution in [2.75, 3.05) is 20.8 Å². The maximum atomic E-state index is 9.10. The van der Waals surface area contributed by atoms with Crippen molar-refractivity contribution in [2.45, 2.75) is 19.5 Å². The van der Waals surface area contributed by atoms with E-state index in [4.69, 9.17) is 14.4 Å². The topological polar surface area (TPSA) is 71.6 Å². The summed E-state index contributed by atoms with van der Waals surface area (Å²) >= 11 is 0. The van der Waals surface area contributed by atoms with Gasteiger partial charge >= 0.3 is 0 Å². The lowest BCUT2D eigenvalue weighted by Crippen LogP contribution is -2.31. The van der Waals surface area contributed by atoms with Crippen LogP contribution in [-0.2, 0) is 6.54 Å². The van der Waals surface area contributed by atoms with E-state index in [1.165, 1.54) is 0 Å². The summed E-state index contributed by atoms with van der Waals surface area (Å²) in [5.41, 5.74) is 0.874. The van der Waals surface area contributed by atoms with Gasteiger partial charge in [-0.05, 0) is 38.2 Å². The minimum atomic E-state index is 0.0475. The molecule has 0 amide bonds. The van der Waals surface area contributed by atoms with Gasteiger partial charge in [0.15, 0.2) is 0 Å². The predicted molar refractivity (Wildman–Crippen MR) is 74.3 cm³/mol. The normalized spacial score (nSPS) is 12.7. The molecule has 0 fully saturated rings. The molecule has 2 aromatic rings. The monoisotopic (exact) mass is 277 g/mol. The average Bonchev–Trinajstić information content (AvgIpc) is 2.94. The third kappa shape index (κ3) is 3.34. The number of aliphatic hydroxyl groups is 1. The smallest absolute Gasteiger partial charge is 0.241 e. The second-order valence-corrected chi connectivity index (χ2v) is 4.69. The summed E-state index contributed by atoms with van der Waals surface area (Å²) in [6, 6.07) is 7.52. The first-order chi connectivity index (χ1) is 9.63. The Balaban J connectivity index is 2.08. The number of likely N-dealkylation sites (N-methyl/N-ethyl adjacent to an activating group) is 1. The van der Waals surface area contributed by atoms with Crippen LogP contribution in [0.4, 0.5) is 0 Å². The molecule has 0 aliphatic rings. The molecule has 0 aliphatic heterocycles. The highest BCUT2D eigenvalue weighted by atomic mass is 16.5. The van der Waals surface area contributed by atoms with Crippen molar-refractivity contribution >= 4 is 0 Å². The van der Waals surface area contributed by atoms with Crippen LogP contribution in [0.1, 0.15) is 12.8 Å². The average molecular weight is 277 g/mol. The molecule has 1 heterocycles. The lowest BCUT2D eigenvalue weighted by molar-refractivity contribution is 0.142. The minimum absolute atomic E-state index is 0.0475. The number of hydrogen-bond donors (Lipinski definition) is 1. The molecular weight excluding hydrogens is 258 g/mol. The summed E-state index contributed by atoms with van der Waals surface area (Å²) in [7, 11) is 3.53. The lowest BCUT2D eigenvalue weighted by Gasteiger charge is -2.20. The van der Waals surface area contributed by atoms with Crippen LogP contribution in [-0.4, -0.2) is 47.0 Å². The molecule has 0 saturated carbocycles. The first-order valence-electron chi connectivity index (χ1n) is 6.42. The maximum Gasteiger partial charge on any atom is 0.241 e. The highest BCUT2D eigenvalue weighted by Crippen LogP contribution is 2.20. The van der Waals surface area contributed by atoms with Crippen LogP contribution in [0.3, 0.4) is 0 Å². The number of aliphatic hydroxyl groups excluding tert-OH is 1. The van der Waals surface area contributed by atoms with Gasteiger partial charge in [-0.3, -0.25) is 4.90 Å². The standard InChI is InChI=1S/C14H19N3O3/c1-10(9-18)17(2)8-13-15-14(16-20-13)11-4-6-12(19-3)7-5-11/h4-7,10,18H,8-9H2,1-3H3. The van der Waals surface area contributed by atoms with E-state index in [2.05, 4.69) is 10.1 Å². The van der Waals surface area contributed by atoms with Crippen molar-refractivity contribution in [3.05, 3.63) is 30.2 Å². The molecule has 6 heteroatoms. The Labute approximate surface area is 118 Å². The predicted octanol–water partition coefficient (Wildman–Crippen LogP) is 1.56. The summed E-state index contributed by atoms with van der Waals surface area (Å²) in [6.07, 6.45) is 0. The van der Waals surface area contributed by atoms with Gasteiger partial charge < -0.3 is 14.4 Å². The van der Waals surface area contributed by atoms with Crippen LogP contribution in [0.15, 0.2) is 28.8 Å². The summed E-state index contributed by atoms with van der Waals surface area (Å²) < 4.78 is 10.3. The Bertz CT molecular complexity index is 539. The number of ether oxygens (including phenoxy) is 1. The summed E-state index contributed by atoms with van der Waals surface area (Å²) in [6.45, 7) is 2.53. The Hall–Kier alpha value is -1.92. The zero-order chi connectivity index (χ0) is 14.5. The maximum absolute atomic E-state index is 9.10. The van der Waals surface area contributed by atoms with Crippen LogP contribution in [0.2, 0.25) is 0 Å². The third-order valence-corrected chi connectivity index (χ3v) is 3.22. The van der Waals surface area contributed by atoms with Crippen molar-refractivity contribution < 1.29 is 14.4 Å². The van der Waals surface area contributed by atoms with E-state index in [1.807, 2.05) is 43.1 Å². The first-order valence-corrected chi connectivity index (χ1v) is 6.42. The molecule has 1 aromatic carbocycles. The van der Waals surface area contributed by atoms with Crippen molar-refractivity contribution in [3.63, 3.8) is 0 Å². The Morgan fingerprint density at radius 1 is 1.35 bits per heavy atom. The van der Waals surface area contributed by atoms with Gasteiger partial charge in [0.2, 0.25) is 11.7 Å². The van der Waals surface area contributed by atoms with Gasteiger partial charge in [0, 0.05) is 11.6 Å². The zero-order valence-electron chi connectivity index (χ0n) is 11.9. The number of methoxy groups -OCH3 is 1. The number of rotatable bonds is 6. The summed E-state index contributed by atoms with van der Waals surface area (Å²) in [4.78, 5) is 6.30. The quantitative estimate of drug-likeness (QED) is 0.864. The number of aromatic nitrogens is 2. The second kappa shape index (κ2) is 6.49. The van der Waals surface area contributed by atoms with Gasteiger partial charge in [-0.15, -0.1) is 0 Å². The molecule has 0 saturated heterocycles. The fourth-order valence-electron chi connectivity index (χ4n) is 1.69. The molecule has 2 rings (SSSR count). The molecule has 20 heavy (non-hydrogen) atoms. The molecule has 108 valence electrons. The van der Waals surface area contributed by atoms with E-state index in [-0.39, 0.29) is 12.6 Å². The van der Waals surface area contributed by atoms with E-state index in [1.54, 1.807) is 7.11 Å². The second-order valence-electron chi connectivity index (χ2n) is 4.69. The van der Waals surface area contributed by atoms with Crippen molar-refractivity contribution in [1.29, 1.82) is 0 Å². The van der Waals surface area contributed by atoms with Gasteiger partial charge in [-0.25, -0.2) is 0 Å². The van der Waals surface area contributed by atoms with Crippen molar-refractivity contribution in [1.82, 2.24) is 15.0 Å². The molecule has 6 nitrogen and oxygen atoms in total. The van der Waals surface area contributed by atoms with E-state index in [0.29, 0.717) is 18.3 Å². The number of benzene rings is 1. The van der Waals surface area contributed by atoms with Crippen LogP contribution < -0.4 is 4.74 Å². The molecule has 1 atom stereocenters. The van der Waals surface area contributed by atoms with Gasteiger partial charge in [0.05, 0.1) is 20.3 Å². The van der Waals surface area contributed by atoms with E-state index in [0.717, 1.165) is 11.3 Å². The first kappa shape index (κ1) is 14.5. The summed E-state index contributed by atoms with van der Waals surface area (Å²) in [5.74, 6) is 1.86. The fourth-order valence-corrected chi connectivity index (χ4v) is 1.69. The Morgan fingerprint density at radius 2 is 2.05 bits per heavy atom. The zero-order valence-corrected chi connectivity index (χ0v) is 11.9. The third-order valence-electron chi connectivity index (χ3n) is 3.22. The molecule has 1 unspecified atom stereocenters. The highest BCUT2D eigenvalue weighted by Gasteiger charge is 2.14. The van der Waals surface area contributed by atoms with E-state index >= 15 is 0 Å². The number of hydrogen-bond acceptors (Lipinski definition) is 6. The fraction of sp³-hybridized carbons (Fsp3) is 0.429. The Morgan fingerprint density at radius 3 is 2.65 bits per heavy atom. The molecule has 0 spiro atoms. The molecule has 1 N–H and O–H groups in total. The van der Waals surface area contributed by atoms with Crippen molar-refractivity contribution in [2.24, 2.45) is 0 Å². The molecule has 0 aliphatic carbocycles. The van der Waals surface area contributed by atoms with Crippen LogP contribution in [0, 0.1) is 0 Å². The minimum Gasteiger partial charge on any atom is -0.497 e. The summed E-state index contributed by atoms with van der Waals surface area (Å²) in [5, 5.41) is 13.1. The largest absolute Gasteiger partial charge is 0.497 e. The van der Waals surface area contributed by atoms with Gasteiger partial charge in [-0.1, -0.05) is 5.16 Å². The lowest BCUT2D eigenvalue weighted by atomic mass is 10.2. The van der Waals surface area contributed by atoms with Crippen LogP contribution in [0.5, 0.6) is 5.75 Å². The van der Waals surface area contributed by atoms with Gasteiger partial charge in [0.25, 0.3) is 0 Å². The van der Waals surface area contributed by atoms with Gasteiger partial charge in [-0.2, -0.15) is 4.98 Å². The van der Waals surface area contributed by atoms with E-state index in [9.17, 15) is 0 Å². The number of nitrogens with zero attached hydrogens (tertiary/aromatic N) is 3. The Kier molecular flexibility index (Phi) is 4.70. The molecule has 0 radical (unpaired) electrons. The molecule has 0 bridgehead atoms. The van der Waals surface area contributed by atoms with Gasteiger partial charge in [0.1, 0.15) is 5.75 Å². The molecule has 1 aromatic heterocycles. The van der Waals surface area contributed by atoms with Crippen molar-refractivity contribution in [3.8, 4) is 17.1 Å². The highest BCUT2D eigenvalue weighted by molar-refractivity contribution is 5.55. The molecular formula is C14H19N3O3. The van der Waals surface area contributed by atoms with Crippen LogP contribution >= 0.6 is 0 Å². The van der Waals surface area contributed by atoms with E-state index < -0.39 is 0 Å². The van der Waals surface area contributed by atoms with Crippen LogP contribution in [0.25, 0.3) is 11.4 Å². The SMILES string of the molecule is COc1ccc(-c2noc(CN(C)C(C)CO)n2)cc1.